The number of piperidine rings is 1. The molecule has 3 aromatic carbocycles. The molecule has 0 unspecified atom stereocenters. The van der Waals surface area contributed by atoms with E-state index in [1.807, 2.05) is 42.5 Å². The molecule has 0 radical (unpaired) electrons. The van der Waals surface area contributed by atoms with Gasteiger partial charge in [-0.25, -0.2) is 0 Å². The summed E-state index contributed by atoms with van der Waals surface area (Å²) in [5, 5.41) is 4.71. The molecule has 3 aliphatic rings. The fraction of sp³-hybridized carbons (Fsp3) is 0.231. The quantitative estimate of drug-likeness (QED) is 0.687. The van der Waals surface area contributed by atoms with Gasteiger partial charge in [0.2, 0.25) is 0 Å². The minimum atomic E-state index is -0.303. The zero-order chi connectivity index (χ0) is 20.7. The van der Waals surface area contributed by atoms with E-state index in [9.17, 15) is 0 Å². The van der Waals surface area contributed by atoms with Crippen LogP contribution in [0.25, 0.3) is 5.70 Å². The van der Waals surface area contributed by atoms with Gasteiger partial charge in [-0.05, 0) is 54.1 Å². The number of ether oxygens (including phenoxy) is 2. The first-order chi connectivity index (χ1) is 15.3. The van der Waals surface area contributed by atoms with Gasteiger partial charge >= 0.3 is 0 Å². The Morgan fingerprint density at radius 2 is 1.58 bits per heavy atom. The molecule has 6 rings (SSSR count). The zero-order valence-electron chi connectivity index (χ0n) is 17.3. The Kier molecular flexibility index (Phi) is 4.44. The maximum atomic E-state index is 6.63. The molecular weight excluding hydrogens is 386 g/mol. The van der Waals surface area contributed by atoms with E-state index in [2.05, 4.69) is 58.2 Å². The lowest BCUT2D eigenvalue weighted by atomic mass is 9.93. The molecule has 0 aromatic heterocycles. The molecule has 31 heavy (non-hydrogen) atoms. The fourth-order valence-corrected chi connectivity index (χ4v) is 4.88. The van der Waals surface area contributed by atoms with Crippen LogP contribution < -0.4 is 20.2 Å². The fourth-order valence-electron chi connectivity index (χ4n) is 4.88. The molecular formula is C26H26N3O2+. The van der Waals surface area contributed by atoms with Crippen LogP contribution in [0.3, 0.4) is 0 Å². The van der Waals surface area contributed by atoms with Gasteiger partial charge in [-0.2, -0.15) is 5.01 Å². The third-order valence-electron chi connectivity index (χ3n) is 6.44. The Balaban J connectivity index is 1.30. The first-order valence-electron chi connectivity index (χ1n) is 11.0. The van der Waals surface area contributed by atoms with Crippen LogP contribution in [0.1, 0.15) is 30.0 Å². The number of hydrazine groups is 1. The molecule has 0 amide bonds. The van der Waals surface area contributed by atoms with E-state index in [4.69, 9.17) is 9.47 Å². The zero-order valence-corrected chi connectivity index (χ0v) is 17.3. The van der Waals surface area contributed by atoms with Crippen molar-refractivity contribution in [1.29, 1.82) is 0 Å². The third-order valence-corrected chi connectivity index (χ3v) is 6.44. The first-order valence-corrected chi connectivity index (χ1v) is 11.0. The average Bonchev–Trinajstić information content (AvgIpc) is 3.28. The highest BCUT2D eigenvalue weighted by Crippen LogP contribution is 2.47. The Hall–Kier alpha value is -3.28. The average molecular weight is 413 g/mol. The van der Waals surface area contributed by atoms with Crippen LogP contribution in [-0.4, -0.2) is 23.8 Å². The second-order valence-corrected chi connectivity index (χ2v) is 8.40. The van der Waals surface area contributed by atoms with E-state index >= 15 is 0 Å². The summed E-state index contributed by atoms with van der Waals surface area (Å²) in [5.74, 6) is 2.69. The van der Waals surface area contributed by atoms with Crippen molar-refractivity contribution in [2.45, 2.75) is 24.6 Å². The van der Waals surface area contributed by atoms with Crippen molar-refractivity contribution < 1.29 is 14.8 Å². The van der Waals surface area contributed by atoms with E-state index in [-0.39, 0.29) is 11.8 Å². The van der Waals surface area contributed by atoms with E-state index < -0.39 is 0 Å². The van der Waals surface area contributed by atoms with Gasteiger partial charge in [-0.3, -0.25) is 0 Å². The molecule has 0 bridgehead atoms. The largest absolute Gasteiger partial charge is 0.470 e. The van der Waals surface area contributed by atoms with Gasteiger partial charge in [0.05, 0.1) is 37.7 Å². The molecule has 3 aromatic rings. The van der Waals surface area contributed by atoms with E-state index in [0.717, 1.165) is 54.4 Å². The molecule has 5 heteroatoms. The maximum Gasteiger partial charge on any atom is 0.191 e. The Morgan fingerprint density at radius 3 is 2.39 bits per heavy atom. The summed E-state index contributed by atoms with van der Waals surface area (Å²) in [4.78, 5) is 0. The SMILES string of the molecule is C1=C(c2ccc(Oc3ccccc3)cc2)NN2[C@@H]1c1ccccc1OC21CC[NH2+]CC1. The summed E-state index contributed by atoms with van der Waals surface area (Å²) < 4.78 is 12.6. The summed E-state index contributed by atoms with van der Waals surface area (Å²) in [6, 6.07) is 26.8. The van der Waals surface area contributed by atoms with Crippen LogP contribution in [-0.2, 0) is 0 Å². The molecule has 3 aliphatic heterocycles. The van der Waals surface area contributed by atoms with Crippen LogP contribution in [0.15, 0.2) is 84.9 Å². The van der Waals surface area contributed by atoms with Crippen molar-refractivity contribution in [3.05, 3.63) is 96.1 Å². The van der Waals surface area contributed by atoms with Crippen LogP contribution in [0.2, 0.25) is 0 Å². The van der Waals surface area contributed by atoms with E-state index in [0.29, 0.717) is 0 Å². The van der Waals surface area contributed by atoms with Crippen molar-refractivity contribution in [2.24, 2.45) is 0 Å². The number of hydrogen-bond acceptors (Lipinski definition) is 4. The summed E-state index contributed by atoms with van der Waals surface area (Å²) in [6.45, 7) is 2.15. The Labute approximate surface area is 182 Å². The molecule has 1 spiro atoms. The minimum Gasteiger partial charge on any atom is -0.470 e. The van der Waals surface area contributed by atoms with E-state index in [1.165, 1.54) is 5.56 Å². The summed E-state index contributed by atoms with van der Waals surface area (Å²) in [7, 11) is 0. The van der Waals surface area contributed by atoms with Gasteiger partial charge in [-0.15, -0.1) is 0 Å². The molecule has 1 atom stereocenters. The molecule has 156 valence electrons. The number of hydrogen-bond donors (Lipinski definition) is 2. The first kappa shape index (κ1) is 18.5. The van der Waals surface area contributed by atoms with Gasteiger partial charge in [0.1, 0.15) is 17.2 Å². The maximum absolute atomic E-state index is 6.63. The van der Waals surface area contributed by atoms with Crippen LogP contribution >= 0.6 is 0 Å². The molecule has 5 nitrogen and oxygen atoms in total. The molecule has 0 saturated carbocycles. The normalized spacial score (nSPS) is 21.4. The number of nitrogens with zero attached hydrogens (tertiary/aromatic N) is 1. The third kappa shape index (κ3) is 3.26. The lowest BCUT2D eigenvalue weighted by Gasteiger charge is -2.49. The van der Waals surface area contributed by atoms with Crippen LogP contribution in [0.5, 0.6) is 17.2 Å². The van der Waals surface area contributed by atoms with Gasteiger partial charge in [-0.1, -0.05) is 36.4 Å². The Morgan fingerprint density at radius 1 is 0.871 bits per heavy atom. The highest BCUT2D eigenvalue weighted by Gasteiger charge is 2.51. The summed E-state index contributed by atoms with van der Waals surface area (Å²) in [5.41, 5.74) is 6.87. The van der Waals surface area contributed by atoms with Crippen molar-refractivity contribution in [2.75, 3.05) is 13.1 Å². The number of quaternary nitrogens is 1. The van der Waals surface area contributed by atoms with Crippen molar-refractivity contribution in [1.82, 2.24) is 10.4 Å². The second-order valence-electron chi connectivity index (χ2n) is 8.40. The van der Waals surface area contributed by atoms with Crippen molar-refractivity contribution in [3.8, 4) is 17.2 Å². The smallest absolute Gasteiger partial charge is 0.191 e. The summed E-state index contributed by atoms with van der Waals surface area (Å²) in [6.07, 6.45) is 4.32. The van der Waals surface area contributed by atoms with Crippen LogP contribution in [0, 0.1) is 0 Å². The number of fused-ring (bicyclic) bond motifs is 4. The lowest BCUT2D eigenvalue weighted by molar-refractivity contribution is -0.670. The van der Waals surface area contributed by atoms with E-state index in [1.54, 1.807) is 0 Å². The van der Waals surface area contributed by atoms with Gasteiger partial charge in [0.15, 0.2) is 5.72 Å². The monoisotopic (exact) mass is 412 g/mol. The van der Waals surface area contributed by atoms with Gasteiger partial charge in [0, 0.05) is 5.56 Å². The minimum absolute atomic E-state index is 0.165. The molecule has 3 heterocycles. The number of nitrogens with one attached hydrogen (secondary N) is 1. The molecule has 0 aliphatic carbocycles. The number of rotatable bonds is 3. The Bertz CT molecular complexity index is 1110. The highest BCUT2D eigenvalue weighted by molar-refractivity contribution is 5.68. The predicted molar refractivity (Wildman–Crippen MR) is 119 cm³/mol. The van der Waals surface area contributed by atoms with Gasteiger partial charge < -0.3 is 20.2 Å². The van der Waals surface area contributed by atoms with Crippen molar-refractivity contribution >= 4 is 5.70 Å². The number of para-hydroxylation sites is 2. The highest BCUT2D eigenvalue weighted by atomic mass is 16.5. The molecule has 1 saturated heterocycles. The predicted octanol–water partition coefficient (Wildman–Crippen LogP) is 3.83. The number of nitrogens with two attached hydrogens (primary N) is 1. The standard InChI is InChI=1S/C26H25N3O2/c1-2-6-20(7-3-1)30-21-12-10-19(11-13-21)23-18-24-22-8-4-5-9-25(22)31-26(29(24)28-23)14-16-27-17-15-26/h1-13,18,24,27-28H,14-17H2/p+1/t24-/m0/s1. The molecule has 3 N–H and O–H groups in total. The van der Waals surface area contributed by atoms with Gasteiger partial charge in [0.25, 0.3) is 0 Å². The van der Waals surface area contributed by atoms with Crippen molar-refractivity contribution in [3.63, 3.8) is 0 Å². The molecule has 1 fully saturated rings. The summed E-state index contributed by atoms with van der Waals surface area (Å²) >= 11 is 0. The lowest BCUT2D eigenvalue weighted by Crippen LogP contribution is -2.89. The topological polar surface area (TPSA) is 50.3 Å². The number of benzene rings is 3. The van der Waals surface area contributed by atoms with Crippen LogP contribution in [0.4, 0.5) is 0 Å². The second kappa shape index (κ2) is 7.45.